The van der Waals surface area contributed by atoms with E-state index in [0.717, 1.165) is 12.0 Å². The van der Waals surface area contributed by atoms with Gasteiger partial charge in [-0.3, -0.25) is 14.8 Å². The summed E-state index contributed by atoms with van der Waals surface area (Å²) >= 11 is 0. The number of ether oxygens (including phenoxy) is 1. The van der Waals surface area contributed by atoms with Crippen molar-refractivity contribution in [1.82, 2.24) is 5.48 Å². The number of nitrogens with one attached hydrogen (secondary N) is 2. The van der Waals surface area contributed by atoms with Crippen LogP contribution in [-0.4, -0.2) is 23.6 Å². The quantitative estimate of drug-likeness (QED) is 0.452. The van der Waals surface area contributed by atoms with Crippen molar-refractivity contribution in [3.8, 4) is 5.75 Å². The number of benzene rings is 2. The van der Waals surface area contributed by atoms with Crippen LogP contribution in [0.3, 0.4) is 0 Å². The van der Waals surface area contributed by atoms with Gasteiger partial charge in [0, 0.05) is 5.69 Å². The van der Waals surface area contributed by atoms with E-state index >= 15 is 0 Å². The van der Waals surface area contributed by atoms with Crippen molar-refractivity contribution in [1.29, 1.82) is 0 Å². The van der Waals surface area contributed by atoms with Crippen molar-refractivity contribution in [2.75, 3.05) is 11.9 Å². The lowest BCUT2D eigenvalue weighted by atomic mass is 9.92. The number of rotatable bonds is 9. The predicted octanol–water partition coefficient (Wildman–Crippen LogP) is 3.90. The summed E-state index contributed by atoms with van der Waals surface area (Å²) in [4.78, 5) is 23.2. The Morgan fingerprint density at radius 1 is 0.964 bits per heavy atom. The second-order valence-electron chi connectivity index (χ2n) is 7.35. The van der Waals surface area contributed by atoms with Gasteiger partial charge in [-0.2, -0.15) is 0 Å². The largest absolute Gasteiger partial charge is 0.484 e. The summed E-state index contributed by atoms with van der Waals surface area (Å²) in [5, 5.41) is 11.3. The summed E-state index contributed by atoms with van der Waals surface area (Å²) in [6.45, 7) is 6.55. The molecule has 0 fully saturated rings. The monoisotopic (exact) mass is 384 g/mol. The number of hydroxylamine groups is 1. The summed E-state index contributed by atoms with van der Waals surface area (Å²) in [6, 6.07) is 14.7. The zero-order chi connectivity index (χ0) is 20.5. The van der Waals surface area contributed by atoms with E-state index in [1.807, 2.05) is 24.3 Å². The van der Waals surface area contributed by atoms with Gasteiger partial charge >= 0.3 is 0 Å². The molecule has 0 aliphatic heterocycles. The maximum atomic E-state index is 12.1. The summed E-state index contributed by atoms with van der Waals surface area (Å²) in [6.07, 6.45) is 1.20. The molecule has 0 saturated heterocycles. The van der Waals surface area contributed by atoms with Crippen molar-refractivity contribution in [2.45, 2.75) is 39.5 Å². The fourth-order valence-corrected chi connectivity index (χ4v) is 3.01. The van der Waals surface area contributed by atoms with E-state index in [0.29, 0.717) is 23.3 Å². The summed E-state index contributed by atoms with van der Waals surface area (Å²) in [5.41, 5.74) is 4.19. The van der Waals surface area contributed by atoms with E-state index in [1.54, 1.807) is 29.7 Å². The minimum Gasteiger partial charge on any atom is -0.484 e. The molecular weight excluding hydrogens is 356 g/mol. The lowest BCUT2D eigenvalue weighted by molar-refractivity contribution is -0.128. The Kier molecular flexibility index (Phi) is 8.02. The Labute approximate surface area is 165 Å². The van der Waals surface area contributed by atoms with Gasteiger partial charge in [-0.1, -0.05) is 45.0 Å². The first-order valence-corrected chi connectivity index (χ1v) is 9.42. The summed E-state index contributed by atoms with van der Waals surface area (Å²) < 4.78 is 5.55. The van der Waals surface area contributed by atoms with Crippen molar-refractivity contribution >= 4 is 17.5 Å². The number of carbonyl (C=O) groups excluding carboxylic acids is 2. The minimum absolute atomic E-state index is 0.0691. The molecule has 1 unspecified atom stereocenters. The molecular formula is C22H28N2O4. The Bertz CT molecular complexity index is 770. The first kappa shape index (κ1) is 21.4. The molecule has 1 atom stereocenters. The molecule has 2 aromatic rings. The van der Waals surface area contributed by atoms with Gasteiger partial charge < -0.3 is 10.1 Å². The number of amides is 2. The molecule has 3 N–H and O–H groups in total. The van der Waals surface area contributed by atoms with Crippen LogP contribution in [0.2, 0.25) is 0 Å². The van der Waals surface area contributed by atoms with Gasteiger partial charge in [0.05, 0.1) is 6.42 Å². The maximum Gasteiger partial charge on any atom is 0.262 e. The molecule has 0 saturated carbocycles. The number of hydrogen-bond acceptors (Lipinski definition) is 4. The molecule has 0 radical (unpaired) electrons. The van der Waals surface area contributed by atoms with Crippen LogP contribution < -0.4 is 15.5 Å². The van der Waals surface area contributed by atoms with Crippen molar-refractivity contribution in [3.63, 3.8) is 0 Å². The standard InChI is InChI=1S/C22H28N2O4/c1-15(2)12-16(3)18-6-10-20(11-7-18)28-14-22(26)23-19-8-4-17(5-9-19)13-21(25)24-27/h4-11,15-16,27H,12-14H2,1-3H3,(H,23,26)(H,24,25). The lowest BCUT2D eigenvalue weighted by Gasteiger charge is -2.15. The third kappa shape index (κ3) is 7.04. The Balaban J connectivity index is 1.81. The Hall–Kier alpha value is -2.86. The molecule has 2 aromatic carbocycles. The second kappa shape index (κ2) is 10.5. The van der Waals surface area contributed by atoms with E-state index in [2.05, 4.69) is 26.1 Å². The molecule has 150 valence electrons. The van der Waals surface area contributed by atoms with Gasteiger partial charge in [0.2, 0.25) is 5.91 Å². The van der Waals surface area contributed by atoms with Crippen LogP contribution >= 0.6 is 0 Å². The SMILES string of the molecule is CC(C)CC(C)c1ccc(OCC(=O)Nc2ccc(CC(=O)NO)cc2)cc1. The zero-order valence-electron chi connectivity index (χ0n) is 16.6. The van der Waals surface area contributed by atoms with Gasteiger partial charge in [0.25, 0.3) is 5.91 Å². The number of carbonyl (C=O) groups is 2. The molecule has 0 bridgehead atoms. The Morgan fingerprint density at radius 2 is 1.61 bits per heavy atom. The summed E-state index contributed by atoms with van der Waals surface area (Å²) in [5.74, 6) is 1.04. The molecule has 2 rings (SSSR count). The summed E-state index contributed by atoms with van der Waals surface area (Å²) in [7, 11) is 0. The fourth-order valence-electron chi connectivity index (χ4n) is 3.01. The third-order valence-corrected chi connectivity index (χ3v) is 4.37. The molecule has 0 aromatic heterocycles. The highest BCUT2D eigenvalue weighted by molar-refractivity contribution is 5.91. The average molecular weight is 384 g/mol. The molecule has 6 nitrogen and oxygen atoms in total. The molecule has 6 heteroatoms. The lowest BCUT2D eigenvalue weighted by Crippen LogP contribution is -2.21. The molecule has 0 aliphatic carbocycles. The van der Waals surface area contributed by atoms with Crippen LogP contribution in [0.15, 0.2) is 48.5 Å². The number of anilines is 1. The van der Waals surface area contributed by atoms with E-state index in [1.165, 1.54) is 5.56 Å². The van der Waals surface area contributed by atoms with Crippen LogP contribution in [0, 0.1) is 5.92 Å². The number of hydrogen-bond donors (Lipinski definition) is 3. The molecule has 0 heterocycles. The second-order valence-corrected chi connectivity index (χ2v) is 7.35. The van der Waals surface area contributed by atoms with E-state index < -0.39 is 5.91 Å². The van der Waals surface area contributed by atoms with Crippen molar-refractivity contribution in [3.05, 3.63) is 59.7 Å². The average Bonchev–Trinajstić information content (AvgIpc) is 2.67. The van der Waals surface area contributed by atoms with E-state index in [9.17, 15) is 9.59 Å². The van der Waals surface area contributed by atoms with Crippen LogP contribution in [0.1, 0.15) is 44.2 Å². The normalized spacial score (nSPS) is 11.8. The van der Waals surface area contributed by atoms with Crippen LogP contribution in [0.4, 0.5) is 5.69 Å². The van der Waals surface area contributed by atoms with E-state index in [4.69, 9.17) is 9.94 Å². The smallest absolute Gasteiger partial charge is 0.262 e. The van der Waals surface area contributed by atoms with Gasteiger partial charge in [0.1, 0.15) is 5.75 Å². The van der Waals surface area contributed by atoms with Gasteiger partial charge in [-0.05, 0) is 53.6 Å². The Morgan fingerprint density at radius 3 is 2.18 bits per heavy atom. The van der Waals surface area contributed by atoms with Crippen LogP contribution in [0.5, 0.6) is 5.75 Å². The van der Waals surface area contributed by atoms with Gasteiger partial charge in [-0.25, -0.2) is 5.48 Å². The first-order valence-electron chi connectivity index (χ1n) is 9.42. The first-order chi connectivity index (χ1) is 13.4. The van der Waals surface area contributed by atoms with Crippen LogP contribution in [-0.2, 0) is 16.0 Å². The van der Waals surface area contributed by atoms with Gasteiger partial charge in [0.15, 0.2) is 6.61 Å². The highest BCUT2D eigenvalue weighted by atomic mass is 16.5. The van der Waals surface area contributed by atoms with Crippen LogP contribution in [0.25, 0.3) is 0 Å². The molecule has 2 amide bonds. The third-order valence-electron chi connectivity index (χ3n) is 4.37. The molecule has 28 heavy (non-hydrogen) atoms. The topological polar surface area (TPSA) is 87.7 Å². The fraction of sp³-hybridized carbons (Fsp3) is 0.364. The van der Waals surface area contributed by atoms with Crippen molar-refractivity contribution in [2.24, 2.45) is 5.92 Å². The predicted molar refractivity (Wildman–Crippen MR) is 109 cm³/mol. The maximum absolute atomic E-state index is 12.1. The molecule has 0 spiro atoms. The zero-order valence-corrected chi connectivity index (χ0v) is 16.6. The molecule has 0 aliphatic rings. The highest BCUT2D eigenvalue weighted by Crippen LogP contribution is 2.25. The van der Waals surface area contributed by atoms with Crippen molar-refractivity contribution < 1.29 is 19.5 Å². The highest BCUT2D eigenvalue weighted by Gasteiger charge is 2.09. The van der Waals surface area contributed by atoms with E-state index in [-0.39, 0.29) is 18.9 Å². The van der Waals surface area contributed by atoms with Gasteiger partial charge in [-0.15, -0.1) is 0 Å². The minimum atomic E-state index is -0.491.